The van der Waals surface area contributed by atoms with Crippen LogP contribution >= 0.6 is 15.9 Å². The van der Waals surface area contributed by atoms with Gasteiger partial charge < -0.3 is 9.72 Å². The van der Waals surface area contributed by atoms with Gasteiger partial charge in [0.1, 0.15) is 10.2 Å². The molecule has 1 N–H and O–H groups in total. The quantitative estimate of drug-likeness (QED) is 0.817. The van der Waals surface area contributed by atoms with E-state index in [1.54, 1.807) is 12.3 Å². The van der Waals surface area contributed by atoms with Gasteiger partial charge in [0.15, 0.2) is 0 Å². The van der Waals surface area contributed by atoms with Crippen molar-refractivity contribution in [3.63, 3.8) is 0 Å². The first-order chi connectivity index (χ1) is 5.25. The molecule has 0 radical (unpaired) electrons. The van der Waals surface area contributed by atoms with E-state index >= 15 is 0 Å². The summed E-state index contributed by atoms with van der Waals surface area (Å²) in [6.45, 7) is 2.43. The summed E-state index contributed by atoms with van der Waals surface area (Å²) in [4.78, 5) is 13.4. The molecule has 3 nitrogen and oxygen atoms in total. The molecule has 0 spiro atoms. The summed E-state index contributed by atoms with van der Waals surface area (Å²) in [5.74, 6) is 0.580. The van der Waals surface area contributed by atoms with Crippen molar-refractivity contribution in [3.8, 4) is 5.75 Å². The predicted octanol–water partition coefficient (Wildman–Crippen LogP) is 1.54. The van der Waals surface area contributed by atoms with E-state index in [-0.39, 0.29) is 5.56 Å². The molecule has 11 heavy (non-hydrogen) atoms. The standard InChI is InChI=1S/C7H8BrNO2/c1-2-11-5-3-4-9-7(10)6(5)8/h3-4H,2H2,1H3,(H,9,10). The first-order valence-corrected chi connectivity index (χ1v) is 4.05. The summed E-state index contributed by atoms with van der Waals surface area (Å²) >= 11 is 3.11. The second kappa shape index (κ2) is 3.57. The average Bonchev–Trinajstić information content (AvgIpc) is 1.99. The number of aromatic amines is 1. The number of pyridine rings is 1. The highest BCUT2D eigenvalue weighted by molar-refractivity contribution is 9.10. The van der Waals surface area contributed by atoms with Gasteiger partial charge in [0.25, 0.3) is 5.56 Å². The molecule has 0 atom stereocenters. The minimum Gasteiger partial charge on any atom is -0.492 e. The van der Waals surface area contributed by atoms with E-state index < -0.39 is 0 Å². The molecular formula is C7H8BrNO2. The Morgan fingerprint density at radius 2 is 2.45 bits per heavy atom. The van der Waals surface area contributed by atoms with E-state index in [0.29, 0.717) is 16.8 Å². The molecule has 0 aliphatic heterocycles. The van der Waals surface area contributed by atoms with Crippen molar-refractivity contribution in [2.75, 3.05) is 6.61 Å². The Morgan fingerprint density at radius 1 is 1.73 bits per heavy atom. The third kappa shape index (κ3) is 1.83. The van der Waals surface area contributed by atoms with Gasteiger partial charge in [-0.3, -0.25) is 4.79 Å². The normalized spacial score (nSPS) is 9.64. The number of hydrogen-bond donors (Lipinski definition) is 1. The van der Waals surface area contributed by atoms with Gasteiger partial charge in [-0.25, -0.2) is 0 Å². The van der Waals surface area contributed by atoms with E-state index in [2.05, 4.69) is 20.9 Å². The Kier molecular flexibility index (Phi) is 2.70. The lowest BCUT2D eigenvalue weighted by Gasteiger charge is -2.02. The molecule has 4 heteroatoms. The highest BCUT2D eigenvalue weighted by atomic mass is 79.9. The van der Waals surface area contributed by atoms with Crippen molar-refractivity contribution < 1.29 is 4.74 Å². The van der Waals surface area contributed by atoms with Gasteiger partial charge >= 0.3 is 0 Å². The van der Waals surface area contributed by atoms with E-state index in [1.165, 1.54) is 0 Å². The molecule has 0 aliphatic rings. The van der Waals surface area contributed by atoms with Crippen molar-refractivity contribution in [1.29, 1.82) is 0 Å². The summed E-state index contributed by atoms with van der Waals surface area (Å²) in [5, 5.41) is 0. The number of H-pyrrole nitrogens is 1. The molecule has 1 heterocycles. The molecule has 60 valence electrons. The lowest BCUT2D eigenvalue weighted by Crippen LogP contribution is -2.07. The molecule has 0 fully saturated rings. The zero-order chi connectivity index (χ0) is 8.27. The fourth-order valence-corrected chi connectivity index (χ4v) is 1.07. The lowest BCUT2D eigenvalue weighted by molar-refractivity contribution is 0.337. The fourth-order valence-electron chi connectivity index (χ4n) is 0.708. The van der Waals surface area contributed by atoms with E-state index in [1.807, 2.05) is 6.92 Å². The van der Waals surface area contributed by atoms with E-state index in [4.69, 9.17) is 4.74 Å². The summed E-state index contributed by atoms with van der Waals surface area (Å²) in [5.41, 5.74) is -0.170. The predicted molar refractivity (Wildman–Crippen MR) is 45.9 cm³/mol. The van der Waals surface area contributed by atoms with Crippen LogP contribution in [0.1, 0.15) is 6.92 Å². The van der Waals surface area contributed by atoms with Crippen LogP contribution in [0.2, 0.25) is 0 Å². The third-order valence-electron chi connectivity index (χ3n) is 1.16. The van der Waals surface area contributed by atoms with Crippen LogP contribution in [0.4, 0.5) is 0 Å². The highest BCUT2D eigenvalue weighted by Gasteiger charge is 2.01. The lowest BCUT2D eigenvalue weighted by atomic mass is 10.4. The number of ether oxygens (including phenoxy) is 1. The van der Waals surface area contributed by atoms with Crippen LogP contribution in [0.3, 0.4) is 0 Å². The molecule has 0 saturated heterocycles. The molecule has 0 aliphatic carbocycles. The van der Waals surface area contributed by atoms with Gasteiger partial charge in [0.05, 0.1) is 6.61 Å². The van der Waals surface area contributed by atoms with Gasteiger partial charge in [-0.2, -0.15) is 0 Å². The second-order valence-corrected chi connectivity index (χ2v) is 2.71. The maximum atomic E-state index is 10.9. The van der Waals surface area contributed by atoms with Gasteiger partial charge in [0, 0.05) is 6.20 Å². The topological polar surface area (TPSA) is 42.1 Å². The molecule has 0 unspecified atom stereocenters. The van der Waals surface area contributed by atoms with E-state index in [9.17, 15) is 4.79 Å². The van der Waals surface area contributed by atoms with Gasteiger partial charge in [0.2, 0.25) is 0 Å². The fraction of sp³-hybridized carbons (Fsp3) is 0.286. The Labute approximate surface area is 72.5 Å². The van der Waals surface area contributed by atoms with Crippen molar-refractivity contribution in [2.24, 2.45) is 0 Å². The zero-order valence-electron chi connectivity index (χ0n) is 6.06. The van der Waals surface area contributed by atoms with Crippen LogP contribution in [-0.2, 0) is 0 Å². The number of hydrogen-bond acceptors (Lipinski definition) is 2. The molecular weight excluding hydrogens is 210 g/mol. The van der Waals surface area contributed by atoms with Crippen LogP contribution in [0.5, 0.6) is 5.75 Å². The first-order valence-electron chi connectivity index (χ1n) is 3.25. The van der Waals surface area contributed by atoms with Crippen LogP contribution in [0.25, 0.3) is 0 Å². The summed E-state index contributed by atoms with van der Waals surface area (Å²) in [6, 6.07) is 1.70. The summed E-state index contributed by atoms with van der Waals surface area (Å²) in [6.07, 6.45) is 1.55. The van der Waals surface area contributed by atoms with Crippen molar-refractivity contribution in [1.82, 2.24) is 4.98 Å². The maximum absolute atomic E-state index is 10.9. The van der Waals surface area contributed by atoms with Crippen molar-refractivity contribution >= 4 is 15.9 Å². The number of nitrogens with one attached hydrogen (secondary N) is 1. The van der Waals surface area contributed by atoms with Crippen LogP contribution in [-0.4, -0.2) is 11.6 Å². The summed E-state index contributed by atoms with van der Waals surface area (Å²) in [7, 11) is 0. The van der Waals surface area contributed by atoms with E-state index in [0.717, 1.165) is 0 Å². The molecule has 1 rings (SSSR count). The van der Waals surface area contributed by atoms with Crippen molar-refractivity contribution in [3.05, 3.63) is 27.1 Å². The molecule has 1 aromatic rings. The van der Waals surface area contributed by atoms with Gasteiger partial charge in [-0.15, -0.1) is 0 Å². The minimum atomic E-state index is -0.170. The maximum Gasteiger partial charge on any atom is 0.266 e. The highest BCUT2D eigenvalue weighted by Crippen LogP contribution is 2.18. The Hall–Kier alpha value is -0.770. The minimum absolute atomic E-state index is 0.170. The van der Waals surface area contributed by atoms with Crippen LogP contribution in [0.15, 0.2) is 21.5 Å². The third-order valence-corrected chi connectivity index (χ3v) is 1.92. The molecule has 0 amide bonds. The number of aromatic nitrogens is 1. The van der Waals surface area contributed by atoms with Gasteiger partial charge in [-0.1, -0.05) is 0 Å². The Balaban J connectivity index is 3.06. The average molecular weight is 218 g/mol. The SMILES string of the molecule is CCOc1cc[nH]c(=O)c1Br. The first kappa shape index (κ1) is 8.33. The zero-order valence-corrected chi connectivity index (χ0v) is 7.64. The van der Waals surface area contributed by atoms with Gasteiger partial charge in [-0.05, 0) is 28.9 Å². The molecule has 0 aromatic carbocycles. The Bertz CT molecular complexity index is 295. The number of halogens is 1. The molecule has 0 saturated carbocycles. The molecule has 1 aromatic heterocycles. The second-order valence-electron chi connectivity index (χ2n) is 1.92. The van der Waals surface area contributed by atoms with Crippen LogP contribution < -0.4 is 10.3 Å². The van der Waals surface area contributed by atoms with Crippen LogP contribution in [0, 0.1) is 0 Å². The molecule has 0 bridgehead atoms. The summed E-state index contributed by atoms with van der Waals surface area (Å²) < 4.78 is 5.60. The monoisotopic (exact) mass is 217 g/mol. The number of rotatable bonds is 2. The Morgan fingerprint density at radius 3 is 3.09 bits per heavy atom. The smallest absolute Gasteiger partial charge is 0.266 e. The largest absolute Gasteiger partial charge is 0.492 e. The van der Waals surface area contributed by atoms with Crippen molar-refractivity contribution in [2.45, 2.75) is 6.92 Å².